The van der Waals surface area contributed by atoms with Crippen molar-refractivity contribution in [3.8, 4) is 0 Å². The first-order valence-corrected chi connectivity index (χ1v) is 9.28. The standard InChI is InChI=1S/C17H23F3N2O2S/c18-17(19,20)13-3-1-4-15(11-13)25-12-16(23)22-8-5-14(6-9-22)24-10-2-7-21/h1,3-4,11,14H,2,5-10,12,21H2. The smallest absolute Gasteiger partial charge is 0.378 e. The van der Waals surface area contributed by atoms with E-state index >= 15 is 0 Å². The van der Waals surface area contributed by atoms with Gasteiger partial charge in [-0.1, -0.05) is 6.07 Å². The number of amides is 1. The van der Waals surface area contributed by atoms with E-state index in [1.54, 1.807) is 11.0 Å². The molecule has 0 unspecified atom stereocenters. The van der Waals surface area contributed by atoms with Crippen molar-refractivity contribution < 1.29 is 22.7 Å². The third kappa shape index (κ3) is 6.52. The number of rotatable bonds is 7. The van der Waals surface area contributed by atoms with Crippen LogP contribution in [0.1, 0.15) is 24.8 Å². The van der Waals surface area contributed by atoms with Crippen LogP contribution in [0, 0.1) is 0 Å². The molecule has 1 aromatic rings. The molecule has 1 amide bonds. The molecular formula is C17H23F3N2O2S. The maximum atomic E-state index is 12.7. The van der Waals surface area contributed by atoms with Gasteiger partial charge in [0, 0.05) is 24.6 Å². The first kappa shape index (κ1) is 20.1. The van der Waals surface area contributed by atoms with Crippen molar-refractivity contribution in [2.24, 2.45) is 5.73 Å². The third-order valence-corrected chi connectivity index (χ3v) is 5.00. The summed E-state index contributed by atoms with van der Waals surface area (Å²) < 4.78 is 43.8. The van der Waals surface area contributed by atoms with Crippen LogP contribution in [-0.2, 0) is 15.7 Å². The van der Waals surface area contributed by atoms with Gasteiger partial charge >= 0.3 is 6.18 Å². The van der Waals surface area contributed by atoms with Crippen LogP contribution in [-0.4, -0.2) is 48.9 Å². The lowest BCUT2D eigenvalue weighted by Gasteiger charge is -2.32. The summed E-state index contributed by atoms with van der Waals surface area (Å²) in [6, 6.07) is 5.06. The molecule has 1 aliphatic rings. The minimum atomic E-state index is -4.37. The van der Waals surface area contributed by atoms with Gasteiger partial charge in [-0.25, -0.2) is 0 Å². The van der Waals surface area contributed by atoms with Crippen LogP contribution in [0.2, 0.25) is 0 Å². The molecule has 4 nitrogen and oxygen atoms in total. The van der Waals surface area contributed by atoms with Crippen LogP contribution < -0.4 is 5.73 Å². The molecule has 0 saturated carbocycles. The van der Waals surface area contributed by atoms with Crippen LogP contribution in [0.4, 0.5) is 13.2 Å². The Morgan fingerprint density at radius 3 is 2.68 bits per heavy atom. The minimum Gasteiger partial charge on any atom is -0.378 e. The number of carbonyl (C=O) groups excluding carboxylic acids is 1. The van der Waals surface area contributed by atoms with E-state index < -0.39 is 11.7 Å². The van der Waals surface area contributed by atoms with Gasteiger partial charge in [0.1, 0.15) is 0 Å². The molecule has 8 heteroatoms. The zero-order valence-electron chi connectivity index (χ0n) is 13.9. The van der Waals surface area contributed by atoms with Crippen molar-refractivity contribution in [2.75, 3.05) is 32.0 Å². The number of hydrogen-bond donors (Lipinski definition) is 1. The Kier molecular flexibility index (Phi) is 7.58. The van der Waals surface area contributed by atoms with Gasteiger partial charge in [0.25, 0.3) is 0 Å². The quantitative estimate of drug-likeness (QED) is 0.587. The summed E-state index contributed by atoms with van der Waals surface area (Å²) in [5, 5.41) is 0. The Labute approximate surface area is 149 Å². The number of piperidine rings is 1. The fraction of sp³-hybridized carbons (Fsp3) is 0.588. The van der Waals surface area contributed by atoms with Crippen molar-refractivity contribution in [1.82, 2.24) is 4.90 Å². The number of benzene rings is 1. The number of hydrogen-bond acceptors (Lipinski definition) is 4. The van der Waals surface area contributed by atoms with Gasteiger partial charge in [-0.2, -0.15) is 13.2 Å². The summed E-state index contributed by atoms with van der Waals surface area (Å²) in [6.45, 7) is 2.48. The predicted octanol–water partition coefficient (Wildman–Crippen LogP) is 3.15. The Bertz CT molecular complexity index is 561. The van der Waals surface area contributed by atoms with Gasteiger partial charge in [-0.15, -0.1) is 11.8 Å². The molecule has 0 aromatic heterocycles. The van der Waals surface area contributed by atoms with Gasteiger partial charge in [-0.3, -0.25) is 4.79 Å². The van der Waals surface area contributed by atoms with Gasteiger partial charge < -0.3 is 15.4 Å². The van der Waals surface area contributed by atoms with Gasteiger partial charge in [0.15, 0.2) is 0 Å². The molecular weight excluding hydrogens is 353 g/mol. The van der Waals surface area contributed by atoms with Gasteiger partial charge in [-0.05, 0) is 44.0 Å². The Morgan fingerprint density at radius 2 is 2.04 bits per heavy atom. The molecule has 1 heterocycles. The molecule has 0 aliphatic carbocycles. The number of nitrogens with two attached hydrogens (primary N) is 1. The molecule has 0 spiro atoms. The molecule has 2 rings (SSSR count). The summed E-state index contributed by atoms with van der Waals surface area (Å²) in [5.41, 5.74) is 4.73. The fourth-order valence-electron chi connectivity index (χ4n) is 2.60. The Balaban J connectivity index is 1.76. The summed E-state index contributed by atoms with van der Waals surface area (Å²) in [7, 11) is 0. The molecule has 1 saturated heterocycles. The fourth-order valence-corrected chi connectivity index (χ4v) is 3.46. The summed E-state index contributed by atoms with van der Waals surface area (Å²) in [6.07, 6.45) is -1.82. The number of alkyl halides is 3. The van der Waals surface area contributed by atoms with Crippen LogP contribution in [0.25, 0.3) is 0 Å². The second kappa shape index (κ2) is 9.45. The molecule has 0 radical (unpaired) electrons. The third-order valence-electron chi connectivity index (χ3n) is 4.02. The lowest BCUT2D eigenvalue weighted by Crippen LogP contribution is -2.41. The van der Waals surface area contributed by atoms with Gasteiger partial charge in [0.05, 0.1) is 17.4 Å². The molecule has 0 atom stereocenters. The average Bonchev–Trinajstić information content (AvgIpc) is 2.60. The van der Waals surface area contributed by atoms with Crippen molar-refractivity contribution in [3.05, 3.63) is 29.8 Å². The Hall–Kier alpha value is -1.25. The highest BCUT2D eigenvalue weighted by atomic mass is 32.2. The van der Waals surface area contributed by atoms with E-state index in [0.29, 0.717) is 31.1 Å². The van der Waals surface area contributed by atoms with E-state index in [1.807, 2.05) is 0 Å². The molecule has 25 heavy (non-hydrogen) atoms. The van der Waals surface area contributed by atoms with E-state index in [1.165, 1.54) is 6.07 Å². The van der Waals surface area contributed by atoms with E-state index in [2.05, 4.69) is 0 Å². The highest BCUT2D eigenvalue weighted by molar-refractivity contribution is 8.00. The number of nitrogens with zero attached hydrogens (tertiary/aromatic N) is 1. The average molecular weight is 376 g/mol. The molecule has 1 aliphatic heterocycles. The van der Waals surface area contributed by atoms with Crippen molar-refractivity contribution >= 4 is 17.7 Å². The van der Waals surface area contributed by atoms with E-state index in [0.717, 1.165) is 43.2 Å². The SMILES string of the molecule is NCCCOC1CCN(C(=O)CSc2cccc(C(F)(F)F)c2)CC1. The lowest BCUT2D eigenvalue weighted by atomic mass is 10.1. The number of likely N-dealkylation sites (tertiary alicyclic amines) is 1. The molecule has 0 bridgehead atoms. The molecule has 1 fully saturated rings. The van der Waals surface area contributed by atoms with E-state index in [-0.39, 0.29) is 17.8 Å². The van der Waals surface area contributed by atoms with Crippen molar-refractivity contribution in [3.63, 3.8) is 0 Å². The zero-order chi connectivity index (χ0) is 18.3. The van der Waals surface area contributed by atoms with Crippen LogP contribution >= 0.6 is 11.8 Å². The van der Waals surface area contributed by atoms with E-state index in [4.69, 9.17) is 10.5 Å². The molecule has 2 N–H and O–H groups in total. The number of thioether (sulfide) groups is 1. The largest absolute Gasteiger partial charge is 0.416 e. The lowest BCUT2D eigenvalue weighted by molar-refractivity contribution is -0.137. The molecule has 1 aromatic carbocycles. The van der Waals surface area contributed by atoms with Gasteiger partial charge in [0.2, 0.25) is 5.91 Å². The Morgan fingerprint density at radius 1 is 1.32 bits per heavy atom. The highest BCUT2D eigenvalue weighted by Gasteiger charge is 2.30. The number of ether oxygens (including phenoxy) is 1. The first-order valence-electron chi connectivity index (χ1n) is 8.29. The predicted molar refractivity (Wildman–Crippen MR) is 91.4 cm³/mol. The zero-order valence-corrected chi connectivity index (χ0v) is 14.7. The maximum absolute atomic E-state index is 12.7. The van der Waals surface area contributed by atoms with Crippen LogP contribution in [0.15, 0.2) is 29.2 Å². The normalized spacial score (nSPS) is 16.2. The minimum absolute atomic E-state index is 0.0529. The van der Waals surface area contributed by atoms with E-state index in [9.17, 15) is 18.0 Å². The number of carbonyl (C=O) groups is 1. The highest BCUT2D eigenvalue weighted by Crippen LogP contribution is 2.32. The monoisotopic (exact) mass is 376 g/mol. The van der Waals surface area contributed by atoms with Crippen LogP contribution in [0.5, 0.6) is 0 Å². The first-order chi connectivity index (χ1) is 11.9. The second-order valence-electron chi connectivity index (χ2n) is 5.91. The summed E-state index contributed by atoms with van der Waals surface area (Å²) in [4.78, 5) is 14.4. The van der Waals surface area contributed by atoms with Crippen molar-refractivity contribution in [1.29, 1.82) is 0 Å². The summed E-state index contributed by atoms with van der Waals surface area (Å²) >= 11 is 1.13. The second-order valence-corrected chi connectivity index (χ2v) is 6.96. The van der Waals surface area contributed by atoms with Crippen molar-refractivity contribution in [2.45, 2.75) is 36.4 Å². The van der Waals surface area contributed by atoms with Crippen LogP contribution in [0.3, 0.4) is 0 Å². The number of halogens is 3. The summed E-state index contributed by atoms with van der Waals surface area (Å²) in [5.74, 6) is 0.0860. The topological polar surface area (TPSA) is 55.6 Å². The maximum Gasteiger partial charge on any atom is 0.416 e. The molecule has 140 valence electrons.